The predicted octanol–water partition coefficient (Wildman–Crippen LogP) is 2.39. The summed E-state index contributed by atoms with van der Waals surface area (Å²) in [5.74, 6) is 0. The second kappa shape index (κ2) is 5.35. The van der Waals surface area contributed by atoms with E-state index in [0.29, 0.717) is 11.7 Å². The molecule has 2 N–H and O–H groups in total. The Hall–Kier alpha value is -1.57. The maximum atomic E-state index is 5.64. The first kappa shape index (κ1) is 11.5. The highest BCUT2D eigenvalue weighted by molar-refractivity contribution is 7.80. The number of thiocarbonyl (C=S) groups is 1. The van der Waals surface area contributed by atoms with Crippen molar-refractivity contribution in [1.29, 1.82) is 0 Å². The molecule has 0 atom stereocenters. The number of hydrogen-bond donors (Lipinski definition) is 1. The molecule has 0 amide bonds. The lowest BCUT2D eigenvalue weighted by Gasteiger charge is -2.20. The fourth-order valence-corrected chi connectivity index (χ4v) is 1.38. The van der Waals surface area contributed by atoms with Crippen LogP contribution in [-0.2, 0) is 0 Å². The van der Waals surface area contributed by atoms with Gasteiger partial charge in [-0.05, 0) is 37.4 Å². The van der Waals surface area contributed by atoms with Crippen molar-refractivity contribution >= 4 is 23.0 Å². The van der Waals surface area contributed by atoms with Gasteiger partial charge in [0.25, 0.3) is 0 Å². The Morgan fingerprint density at radius 2 is 2.13 bits per heavy atom. The van der Waals surface area contributed by atoms with Crippen LogP contribution >= 0.6 is 12.2 Å². The van der Waals surface area contributed by atoms with Gasteiger partial charge in [-0.15, -0.1) is 5.73 Å². The second-order valence-electron chi connectivity index (χ2n) is 3.19. The van der Waals surface area contributed by atoms with Crippen LogP contribution in [0.4, 0.5) is 5.69 Å². The van der Waals surface area contributed by atoms with Crippen LogP contribution < -0.4 is 10.6 Å². The number of benzene rings is 1. The Morgan fingerprint density at radius 3 is 2.60 bits per heavy atom. The first-order valence-corrected chi connectivity index (χ1v) is 5.04. The Balaban J connectivity index is 2.93. The number of aryl methyl sites for hydroxylation is 1. The van der Waals surface area contributed by atoms with E-state index >= 15 is 0 Å². The van der Waals surface area contributed by atoms with Gasteiger partial charge in [-0.3, -0.25) is 0 Å². The normalized spacial score (nSPS) is 9.13. The molecule has 2 nitrogen and oxygen atoms in total. The molecule has 0 fully saturated rings. The van der Waals surface area contributed by atoms with Crippen molar-refractivity contribution in [3.8, 4) is 0 Å². The van der Waals surface area contributed by atoms with E-state index in [-0.39, 0.29) is 0 Å². The third kappa shape index (κ3) is 3.24. The van der Waals surface area contributed by atoms with E-state index < -0.39 is 0 Å². The van der Waals surface area contributed by atoms with E-state index in [0.717, 1.165) is 5.69 Å². The van der Waals surface area contributed by atoms with E-state index in [2.05, 4.69) is 12.3 Å². The lowest BCUT2D eigenvalue weighted by molar-refractivity contribution is 1.14. The van der Waals surface area contributed by atoms with Gasteiger partial charge in [-0.1, -0.05) is 24.3 Å². The Morgan fingerprint density at radius 1 is 1.53 bits per heavy atom. The van der Waals surface area contributed by atoms with Crippen molar-refractivity contribution in [3.05, 3.63) is 48.2 Å². The van der Waals surface area contributed by atoms with E-state index in [9.17, 15) is 0 Å². The van der Waals surface area contributed by atoms with E-state index in [1.807, 2.05) is 36.1 Å². The van der Waals surface area contributed by atoms with Gasteiger partial charge in [-0.2, -0.15) is 0 Å². The molecule has 0 radical (unpaired) electrons. The van der Waals surface area contributed by atoms with Gasteiger partial charge in [0.2, 0.25) is 0 Å². The van der Waals surface area contributed by atoms with Crippen LogP contribution in [0, 0.1) is 6.92 Å². The Kier molecular flexibility index (Phi) is 4.10. The summed E-state index contributed by atoms with van der Waals surface area (Å²) >= 11 is 4.98. The SMILES string of the molecule is C=C=CCN(C(N)=S)c1ccc(C)cc1. The highest BCUT2D eigenvalue weighted by Gasteiger charge is 2.06. The molecule has 0 aliphatic rings. The highest BCUT2D eigenvalue weighted by Crippen LogP contribution is 2.14. The standard InChI is InChI=1S/C12H14N2S/c1-3-4-9-14(12(13)15)11-7-5-10(2)6-8-11/h4-8H,1,9H2,2H3,(H2,13,15). The largest absolute Gasteiger partial charge is 0.376 e. The summed E-state index contributed by atoms with van der Waals surface area (Å²) in [6, 6.07) is 8.04. The fraction of sp³-hybridized carbons (Fsp3) is 0.167. The number of anilines is 1. The first-order valence-electron chi connectivity index (χ1n) is 4.63. The minimum absolute atomic E-state index is 0.352. The number of nitrogens with zero attached hydrogens (tertiary/aromatic N) is 1. The van der Waals surface area contributed by atoms with Crippen LogP contribution in [0.25, 0.3) is 0 Å². The van der Waals surface area contributed by atoms with Crippen LogP contribution in [0.1, 0.15) is 5.56 Å². The molecule has 0 aromatic heterocycles. The summed E-state index contributed by atoms with van der Waals surface area (Å²) in [4.78, 5) is 1.83. The monoisotopic (exact) mass is 218 g/mol. The molecular formula is C12H14N2S. The van der Waals surface area contributed by atoms with Crippen molar-refractivity contribution in [1.82, 2.24) is 0 Å². The first-order chi connectivity index (χ1) is 7.15. The molecule has 3 heteroatoms. The summed E-state index contributed by atoms with van der Waals surface area (Å²) in [5, 5.41) is 0.352. The van der Waals surface area contributed by atoms with E-state index in [1.54, 1.807) is 6.08 Å². The van der Waals surface area contributed by atoms with Crippen LogP contribution in [0.3, 0.4) is 0 Å². The van der Waals surface area contributed by atoms with Crippen molar-refractivity contribution in [2.75, 3.05) is 11.4 Å². The minimum Gasteiger partial charge on any atom is -0.376 e. The van der Waals surface area contributed by atoms with Crippen LogP contribution in [0.5, 0.6) is 0 Å². The predicted molar refractivity (Wildman–Crippen MR) is 69.0 cm³/mol. The molecule has 0 saturated carbocycles. The Bertz CT molecular complexity index is 389. The van der Waals surface area contributed by atoms with Crippen molar-refractivity contribution < 1.29 is 0 Å². The second-order valence-corrected chi connectivity index (χ2v) is 3.61. The smallest absolute Gasteiger partial charge is 0.171 e. The molecule has 0 spiro atoms. The van der Waals surface area contributed by atoms with Gasteiger partial charge < -0.3 is 10.6 Å². The lowest BCUT2D eigenvalue weighted by atomic mass is 10.2. The zero-order valence-corrected chi connectivity index (χ0v) is 9.55. The number of nitrogens with two attached hydrogens (primary N) is 1. The van der Waals surface area contributed by atoms with Crippen molar-refractivity contribution in [3.63, 3.8) is 0 Å². The van der Waals surface area contributed by atoms with Gasteiger partial charge in [0.05, 0.1) is 6.54 Å². The zero-order chi connectivity index (χ0) is 11.3. The minimum atomic E-state index is 0.352. The number of hydrogen-bond acceptors (Lipinski definition) is 1. The maximum absolute atomic E-state index is 5.64. The van der Waals surface area contributed by atoms with Crippen molar-refractivity contribution in [2.45, 2.75) is 6.92 Å². The van der Waals surface area contributed by atoms with Gasteiger partial charge in [0, 0.05) is 5.69 Å². The molecule has 0 saturated heterocycles. The average Bonchev–Trinajstić information content (AvgIpc) is 2.21. The summed E-state index contributed by atoms with van der Waals surface area (Å²) in [7, 11) is 0. The van der Waals surface area contributed by atoms with E-state index in [1.165, 1.54) is 5.56 Å². The molecule has 0 bridgehead atoms. The zero-order valence-electron chi connectivity index (χ0n) is 8.73. The summed E-state index contributed by atoms with van der Waals surface area (Å²) in [6.45, 7) is 6.15. The Labute approximate surface area is 95.7 Å². The van der Waals surface area contributed by atoms with Crippen LogP contribution in [0.15, 0.2) is 42.7 Å². The molecule has 78 valence electrons. The highest BCUT2D eigenvalue weighted by atomic mass is 32.1. The molecule has 0 aliphatic carbocycles. The van der Waals surface area contributed by atoms with Crippen LogP contribution in [0.2, 0.25) is 0 Å². The average molecular weight is 218 g/mol. The molecule has 1 rings (SSSR count). The van der Waals surface area contributed by atoms with Crippen molar-refractivity contribution in [2.24, 2.45) is 5.73 Å². The molecule has 0 unspecified atom stereocenters. The van der Waals surface area contributed by atoms with E-state index in [4.69, 9.17) is 18.0 Å². The molecule has 15 heavy (non-hydrogen) atoms. The summed E-state index contributed by atoms with van der Waals surface area (Å²) < 4.78 is 0. The van der Waals surface area contributed by atoms with Gasteiger partial charge >= 0.3 is 0 Å². The quantitative estimate of drug-likeness (QED) is 0.624. The van der Waals surface area contributed by atoms with Crippen LogP contribution in [-0.4, -0.2) is 11.7 Å². The third-order valence-corrected chi connectivity index (χ3v) is 2.25. The lowest BCUT2D eigenvalue weighted by Crippen LogP contribution is -2.35. The maximum Gasteiger partial charge on any atom is 0.171 e. The molecule has 0 aliphatic heterocycles. The molecule has 0 heterocycles. The molecular weight excluding hydrogens is 204 g/mol. The number of rotatable bonds is 3. The molecule has 1 aromatic rings. The fourth-order valence-electron chi connectivity index (χ4n) is 1.20. The van der Waals surface area contributed by atoms with Gasteiger partial charge in [0.1, 0.15) is 0 Å². The summed E-state index contributed by atoms with van der Waals surface area (Å²) in [5.41, 5.74) is 10.5. The molecule has 1 aromatic carbocycles. The van der Waals surface area contributed by atoms with Gasteiger partial charge in [-0.25, -0.2) is 0 Å². The van der Waals surface area contributed by atoms with Gasteiger partial charge in [0.15, 0.2) is 5.11 Å². The topological polar surface area (TPSA) is 29.3 Å². The third-order valence-electron chi connectivity index (χ3n) is 2.03. The summed E-state index contributed by atoms with van der Waals surface area (Å²) in [6.07, 6.45) is 1.79.